The fourth-order valence-electron chi connectivity index (χ4n) is 2.05. The van der Waals surface area contributed by atoms with E-state index in [2.05, 4.69) is 11.8 Å². The molecule has 1 fully saturated rings. The number of carbonyl (C=O) groups is 2. The lowest BCUT2D eigenvalue weighted by atomic mass is 9.90. The Morgan fingerprint density at radius 1 is 1.44 bits per heavy atom. The fourth-order valence-corrected chi connectivity index (χ4v) is 2.05. The van der Waals surface area contributed by atoms with Crippen molar-refractivity contribution >= 4 is 11.8 Å². The van der Waals surface area contributed by atoms with Gasteiger partial charge >= 0.3 is 5.97 Å². The van der Waals surface area contributed by atoms with Crippen molar-refractivity contribution in [1.82, 2.24) is 0 Å². The summed E-state index contributed by atoms with van der Waals surface area (Å²) in [5.74, 6) is 4.59. The molecule has 4 nitrogen and oxygen atoms in total. The molecule has 1 aliphatic carbocycles. The maximum Gasteiger partial charge on any atom is 0.303 e. The molecular weight excluding hydrogens is 208 g/mol. The Hall–Kier alpha value is -1.34. The Morgan fingerprint density at radius 3 is 2.81 bits per heavy atom. The number of aliphatic hydroxyl groups excluding tert-OH is 1. The zero-order valence-corrected chi connectivity index (χ0v) is 9.11. The van der Waals surface area contributed by atoms with Crippen molar-refractivity contribution in [3.05, 3.63) is 0 Å². The topological polar surface area (TPSA) is 74.6 Å². The van der Waals surface area contributed by atoms with Crippen LogP contribution in [-0.2, 0) is 9.59 Å². The summed E-state index contributed by atoms with van der Waals surface area (Å²) in [5, 5.41) is 17.2. The van der Waals surface area contributed by atoms with Crippen LogP contribution in [0, 0.1) is 23.7 Å². The Labute approximate surface area is 94.7 Å². The highest BCUT2D eigenvalue weighted by Gasteiger charge is 2.34. The fraction of sp³-hybridized carbons (Fsp3) is 0.667. The second kappa shape index (κ2) is 6.29. The van der Waals surface area contributed by atoms with Gasteiger partial charge in [0.2, 0.25) is 0 Å². The molecule has 0 spiro atoms. The quantitative estimate of drug-likeness (QED) is 0.694. The smallest absolute Gasteiger partial charge is 0.303 e. The lowest BCUT2D eigenvalue weighted by Gasteiger charge is -2.13. The summed E-state index contributed by atoms with van der Waals surface area (Å²) in [6.45, 7) is 0.0180. The Balaban J connectivity index is 2.50. The molecule has 0 aromatic rings. The highest BCUT2D eigenvalue weighted by atomic mass is 16.4. The number of ketones is 1. The number of hydrogen-bond acceptors (Lipinski definition) is 3. The minimum atomic E-state index is -0.854. The molecule has 0 radical (unpaired) electrons. The number of rotatable bonds is 4. The Kier molecular flexibility index (Phi) is 5.00. The van der Waals surface area contributed by atoms with Gasteiger partial charge in [0.05, 0.1) is 6.61 Å². The van der Waals surface area contributed by atoms with Crippen LogP contribution >= 0.6 is 0 Å². The molecule has 2 N–H and O–H groups in total. The van der Waals surface area contributed by atoms with Crippen LogP contribution < -0.4 is 0 Å². The first-order valence-corrected chi connectivity index (χ1v) is 5.46. The highest BCUT2D eigenvalue weighted by molar-refractivity contribution is 5.84. The molecule has 16 heavy (non-hydrogen) atoms. The maximum atomic E-state index is 11.5. The van der Waals surface area contributed by atoms with Gasteiger partial charge in [-0.05, 0) is 12.3 Å². The average molecular weight is 224 g/mol. The summed E-state index contributed by atoms with van der Waals surface area (Å²) in [6, 6.07) is 0. The van der Waals surface area contributed by atoms with E-state index >= 15 is 0 Å². The molecule has 0 aromatic carbocycles. The van der Waals surface area contributed by atoms with Crippen LogP contribution in [0.4, 0.5) is 0 Å². The van der Waals surface area contributed by atoms with Gasteiger partial charge in [-0.1, -0.05) is 0 Å². The van der Waals surface area contributed by atoms with Gasteiger partial charge in [0.25, 0.3) is 0 Å². The van der Waals surface area contributed by atoms with E-state index in [1.165, 1.54) is 0 Å². The summed E-state index contributed by atoms with van der Waals surface area (Å²) >= 11 is 0. The van der Waals surface area contributed by atoms with Crippen LogP contribution in [-0.4, -0.2) is 28.6 Å². The van der Waals surface area contributed by atoms with Crippen LogP contribution in [0.5, 0.6) is 0 Å². The molecular formula is C12H16O4. The number of Topliss-reactive ketones (excluding diaryl/α,β-unsaturated/α-hetero) is 1. The average Bonchev–Trinajstić information content (AvgIpc) is 2.55. The maximum absolute atomic E-state index is 11.5. The minimum absolute atomic E-state index is 0.0180. The first-order valence-electron chi connectivity index (χ1n) is 5.46. The molecule has 1 aliphatic rings. The van der Waals surface area contributed by atoms with Crippen LogP contribution in [0.3, 0.4) is 0 Å². The number of carboxylic acids is 1. The standard InChI is InChI=1S/C12H16O4/c13-7-3-1-2-4-10-9(8-12(15)16)5-6-11(10)14/h9-10,13H,3-8H2,(H,15,16). The van der Waals surface area contributed by atoms with Gasteiger partial charge in [0.1, 0.15) is 5.78 Å². The van der Waals surface area contributed by atoms with Gasteiger partial charge in [0.15, 0.2) is 0 Å². The van der Waals surface area contributed by atoms with E-state index in [1.807, 2.05) is 0 Å². The van der Waals surface area contributed by atoms with Crippen molar-refractivity contribution in [2.75, 3.05) is 6.61 Å². The van der Waals surface area contributed by atoms with Gasteiger partial charge in [-0.25, -0.2) is 0 Å². The van der Waals surface area contributed by atoms with Gasteiger partial charge in [-0.15, -0.1) is 11.8 Å². The van der Waals surface area contributed by atoms with E-state index in [4.69, 9.17) is 10.2 Å². The molecule has 2 unspecified atom stereocenters. The molecule has 0 aromatic heterocycles. The third-order valence-corrected chi connectivity index (χ3v) is 2.86. The van der Waals surface area contributed by atoms with Crippen molar-refractivity contribution in [3.8, 4) is 11.8 Å². The largest absolute Gasteiger partial charge is 0.481 e. The van der Waals surface area contributed by atoms with Crippen molar-refractivity contribution < 1.29 is 19.8 Å². The molecule has 0 bridgehead atoms. The molecule has 0 saturated heterocycles. The first kappa shape index (κ1) is 12.7. The molecule has 88 valence electrons. The van der Waals surface area contributed by atoms with Gasteiger partial charge in [0, 0.05) is 31.6 Å². The summed E-state index contributed by atoms with van der Waals surface area (Å²) in [4.78, 5) is 22.1. The first-order chi connectivity index (χ1) is 7.65. The van der Waals surface area contributed by atoms with E-state index in [0.717, 1.165) is 0 Å². The molecule has 1 rings (SSSR count). The van der Waals surface area contributed by atoms with Crippen LogP contribution in [0.2, 0.25) is 0 Å². The molecule has 4 heteroatoms. The van der Waals surface area contributed by atoms with E-state index in [9.17, 15) is 9.59 Å². The number of carboxylic acid groups (broad SMARTS) is 1. The summed E-state index contributed by atoms with van der Waals surface area (Å²) in [6.07, 6.45) is 2.03. The number of aliphatic carboxylic acids is 1. The zero-order valence-electron chi connectivity index (χ0n) is 9.11. The van der Waals surface area contributed by atoms with Gasteiger partial charge < -0.3 is 10.2 Å². The third kappa shape index (κ3) is 3.67. The minimum Gasteiger partial charge on any atom is -0.481 e. The normalized spacial score (nSPS) is 23.9. The van der Waals surface area contributed by atoms with E-state index < -0.39 is 5.97 Å². The summed E-state index contributed by atoms with van der Waals surface area (Å²) in [5.41, 5.74) is 0. The molecule has 0 aliphatic heterocycles. The molecule has 0 amide bonds. The second-order valence-electron chi connectivity index (χ2n) is 4.00. The number of aliphatic hydroxyl groups is 1. The van der Waals surface area contributed by atoms with E-state index in [-0.39, 0.29) is 30.6 Å². The van der Waals surface area contributed by atoms with Crippen molar-refractivity contribution in [3.63, 3.8) is 0 Å². The van der Waals surface area contributed by atoms with E-state index in [1.54, 1.807) is 0 Å². The van der Waals surface area contributed by atoms with Crippen LogP contribution in [0.25, 0.3) is 0 Å². The summed E-state index contributed by atoms with van der Waals surface area (Å²) in [7, 11) is 0. The predicted molar refractivity (Wildman–Crippen MR) is 57.6 cm³/mol. The monoisotopic (exact) mass is 224 g/mol. The summed E-state index contributed by atoms with van der Waals surface area (Å²) < 4.78 is 0. The SMILES string of the molecule is O=C(O)CC1CCC(=O)C1CC#CCCO. The molecule has 1 saturated carbocycles. The zero-order chi connectivity index (χ0) is 12.0. The van der Waals surface area contributed by atoms with Crippen molar-refractivity contribution in [2.24, 2.45) is 11.8 Å². The van der Waals surface area contributed by atoms with Gasteiger partial charge in [-0.3, -0.25) is 9.59 Å². The lowest BCUT2D eigenvalue weighted by Crippen LogP contribution is -2.17. The predicted octanol–water partition coefficient (Wildman–Crippen LogP) is 0.832. The van der Waals surface area contributed by atoms with Crippen molar-refractivity contribution in [1.29, 1.82) is 0 Å². The third-order valence-electron chi connectivity index (χ3n) is 2.86. The molecule has 0 heterocycles. The Morgan fingerprint density at radius 2 is 2.19 bits per heavy atom. The lowest BCUT2D eigenvalue weighted by molar-refractivity contribution is -0.138. The number of hydrogen-bond donors (Lipinski definition) is 2. The van der Waals surface area contributed by atoms with Crippen LogP contribution in [0.1, 0.15) is 32.1 Å². The van der Waals surface area contributed by atoms with Gasteiger partial charge in [-0.2, -0.15) is 0 Å². The van der Waals surface area contributed by atoms with E-state index in [0.29, 0.717) is 25.7 Å². The van der Waals surface area contributed by atoms with Crippen molar-refractivity contribution in [2.45, 2.75) is 32.1 Å². The van der Waals surface area contributed by atoms with Crippen LogP contribution in [0.15, 0.2) is 0 Å². The molecule has 2 atom stereocenters. The number of carbonyl (C=O) groups excluding carboxylic acids is 1. The second-order valence-corrected chi connectivity index (χ2v) is 4.00. The highest BCUT2D eigenvalue weighted by Crippen LogP contribution is 2.33. The Bertz CT molecular complexity index is 324.